The molecule has 0 radical (unpaired) electrons. The van der Waals surface area contributed by atoms with E-state index in [1.165, 1.54) is 43.9 Å². The maximum absolute atomic E-state index is 12.9. The second-order valence-electron chi connectivity index (χ2n) is 8.49. The standard InChI is InChI=1S/C25H27N3OS/c29-23(28-15-14-18-8-4-5-11-20(18)16-28)17-30-25-22-13-7-6-12-21(22)24(26-27-25)19-9-2-1-3-10-19/h1-3,6-7,9-10,12-13,18,20H,4-5,8,11,14-17H2/t18-,20-/m0/s1. The summed E-state index contributed by atoms with van der Waals surface area (Å²) in [5.41, 5.74) is 1.95. The number of fused-ring (bicyclic) bond motifs is 2. The molecule has 5 rings (SSSR count). The van der Waals surface area contributed by atoms with Crippen molar-refractivity contribution in [3.05, 3.63) is 54.6 Å². The topological polar surface area (TPSA) is 46.1 Å². The van der Waals surface area contributed by atoms with Gasteiger partial charge in [0.1, 0.15) is 10.7 Å². The minimum atomic E-state index is 0.238. The summed E-state index contributed by atoms with van der Waals surface area (Å²) in [5, 5.41) is 12.0. The van der Waals surface area contributed by atoms with Gasteiger partial charge in [0, 0.05) is 29.4 Å². The molecule has 0 N–H and O–H groups in total. The second kappa shape index (κ2) is 8.76. The Balaban J connectivity index is 1.32. The lowest BCUT2D eigenvalue weighted by molar-refractivity contribution is -0.131. The molecule has 2 aliphatic rings. The van der Waals surface area contributed by atoms with Crippen LogP contribution in [0.1, 0.15) is 32.1 Å². The van der Waals surface area contributed by atoms with Gasteiger partial charge >= 0.3 is 0 Å². The molecule has 1 aliphatic carbocycles. The van der Waals surface area contributed by atoms with E-state index in [2.05, 4.69) is 39.4 Å². The first kappa shape index (κ1) is 19.6. The zero-order valence-electron chi connectivity index (χ0n) is 17.2. The van der Waals surface area contributed by atoms with Crippen molar-refractivity contribution in [1.29, 1.82) is 0 Å². The Morgan fingerprint density at radius 3 is 2.47 bits per heavy atom. The number of amides is 1. The minimum absolute atomic E-state index is 0.238. The zero-order chi connectivity index (χ0) is 20.3. The van der Waals surface area contributed by atoms with Gasteiger partial charge in [0.15, 0.2) is 0 Å². The smallest absolute Gasteiger partial charge is 0.233 e. The highest BCUT2D eigenvalue weighted by Gasteiger charge is 2.32. The normalized spacial score (nSPS) is 21.4. The molecule has 1 saturated heterocycles. The minimum Gasteiger partial charge on any atom is -0.342 e. The lowest BCUT2D eigenvalue weighted by Crippen LogP contribution is -2.45. The summed E-state index contributed by atoms with van der Waals surface area (Å²) in [5.74, 6) is 2.23. The van der Waals surface area contributed by atoms with Crippen molar-refractivity contribution in [2.75, 3.05) is 18.8 Å². The Morgan fingerprint density at radius 2 is 1.63 bits per heavy atom. The molecule has 0 spiro atoms. The van der Waals surface area contributed by atoms with Gasteiger partial charge in [-0.05, 0) is 24.7 Å². The van der Waals surface area contributed by atoms with Gasteiger partial charge in [-0.25, -0.2) is 0 Å². The van der Waals surface area contributed by atoms with Gasteiger partial charge in [-0.3, -0.25) is 4.79 Å². The van der Waals surface area contributed by atoms with Crippen LogP contribution in [0.5, 0.6) is 0 Å². The number of carbonyl (C=O) groups excluding carboxylic acids is 1. The molecule has 154 valence electrons. The Kier molecular flexibility index (Phi) is 5.71. The molecule has 1 aromatic heterocycles. The molecule has 2 aromatic carbocycles. The van der Waals surface area contributed by atoms with Crippen molar-refractivity contribution in [3.8, 4) is 11.3 Å². The summed E-state index contributed by atoms with van der Waals surface area (Å²) in [6.45, 7) is 1.86. The number of thioether (sulfide) groups is 1. The maximum Gasteiger partial charge on any atom is 0.233 e. The SMILES string of the molecule is O=C(CSc1nnc(-c2ccccc2)c2ccccc12)N1CC[C@@H]2CCCC[C@H]2C1. The fourth-order valence-corrected chi connectivity index (χ4v) is 5.92. The van der Waals surface area contributed by atoms with Gasteiger partial charge in [0.2, 0.25) is 5.91 Å². The fraction of sp³-hybridized carbons (Fsp3) is 0.400. The molecule has 3 aromatic rings. The van der Waals surface area contributed by atoms with E-state index in [0.717, 1.165) is 46.1 Å². The van der Waals surface area contributed by atoms with Gasteiger partial charge in [-0.2, -0.15) is 0 Å². The molecule has 0 unspecified atom stereocenters. The van der Waals surface area contributed by atoms with Gasteiger partial charge in [0.25, 0.3) is 0 Å². The molecule has 4 nitrogen and oxygen atoms in total. The van der Waals surface area contributed by atoms with Crippen LogP contribution in [0.3, 0.4) is 0 Å². The third kappa shape index (κ3) is 3.95. The lowest BCUT2D eigenvalue weighted by atomic mass is 9.75. The molecular formula is C25H27N3OS. The van der Waals surface area contributed by atoms with Gasteiger partial charge in [0.05, 0.1) is 5.75 Å². The number of carbonyl (C=O) groups is 1. The average Bonchev–Trinajstić information content (AvgIpc) is 2.82. The van der Waals surface area contributed by atoms with E-state index < -0.39 is 0 Å². The molecule has 0 bridgehead atoms. The predicted molar refractivity (Wildman–Crippen MR) is 122 cm³/mol. The largest absolute Gasteiger partial charge is 0.342 e. The maximum atomic E-state index is 12.9. The van der Waals surface area contributed by atoms with E-state index in [0.29, 0.717) is 11.7 Å². The summed E-state index contributed by atoms with van der Waals surface area (Å²) in [4.78, 5) is 15.0. The van der Waals surface area contributed by atoms with Crippen LogP contribution in [-0.4, -0.2) is 39.8 Å². The Hall–Kier alpha value is -2.40. The number of rotatable bonds is 4. The molecule has 2 fully saturated rings. The van der Waals surface area contributed by atoms with Crippen LogP contribution in [0.2, 0.25) is 0 Å². The molecule has 5 heteroatoms. The quantitative estimate of drug-likeness (QED) is 0.531. The van der Waals surface area contributed by atoms with Gasteiger partial charge in [-0.15, -0.1) is 10.2 Å². The Morgan fingerprint density at radius 1 is 0.900 bits per heavy atom. The number of hydrogen-bond acceptors (Lipinski definition) is 4. The van der Waals surface area contributed by atoms with E-state index in [1.54, 1.807) is 0 Å². The van der Waals surface area contributed by atoms with Crippen LogP contribution < -0.4 is 0 Å². The third-order valence-corrected chi connectivity index (χ3v) is 7.64. The summed E-state index contributed by atoms with van der Waals surface area (Å²) in [6.07, 6.45) is 6.52. The first-order valence-electron chi connectivity index (χ1n) is 11.0. The molecule has 2 atom stereocenters. The average molecular weight is 418 g/mol. The molecule has 1 amide bonds. The van der Waals surface area contributed by atoms with E-state index in [-0.39, 0.29) is 5.91 Å². The first-order valence-corrected chi connectivity index (χ1v) is 12.0. The molecule has 2 heterocycles. The number of benzene rings is 2. The highest BCUT2D eigenvalue weighted by Crippen LogP contribution is 2.37. The van der Waals surface area contributed by atoms with Crippen LogP contribution in [-0.2, 0) is 4.79 Å². The monoisotopic (exact) mass is 417 g/mol. The van der Waals surface area contributed by atoms with E-state index >= 15 is 0 Å². The van der Waals surface area contributed by atoms with Crippen molar-refractivity contribution in [3.63, 3.8) is 0 Å². The number of piperidine rings is 1. The van der Waals surface area contributed by atoms with E-state index in [9.17, 15) is 4.79 Å². The van der Waals surface area contributed by atoms with Crippen molar-refractivity contribution in [1.82, 2.24) is 15.1 Å². The number of aromatic nitrogens is 2. The number of nitrogens with zero attached hydrogens (tertiary/aromatic N) is 3. The summed E-state index contributed by atoms with van der Waals surface area (Å²) in [6, 6.07) is 18.4. The van der Waals surface area contributed by atoms with Crippen LogP contribution in [0.15, 0.2) is 59.6 Å². The van der Waals surface area contributed by atoms with Gasteiger partial charge in [-0.1, -0.05) is 85.6 Å². The summed E-state index contributed by atoms with van der Waals surface area (Å²) in [7, 11) is 0. The highest BCUT2D eigenvalue weighted by atomic mass is 32.2. The fourth-order valence-electron chi connectivity index (χ4n) is 5.04. The second-order valence-corrected chi connectivity index (χ2v) is 9.45. The highest BCUT2D eigenvalue weighted by molar-refractivity contribution is 8.00. The predicted octanol–water partition coefficient (Wildman–Crippen LogP) is 5.43. The number of hydrogen-bond donors (Lipinski definition) is 0. The van der Waals surface area contributed by atoms with Crippen LogP contribution in [0.25, 0.3) is 22.0 Å². The van der Waals surface area contributed by atoms with Crippen molar-refractivity contribution >= 4 is 28.4 Å². The number of likely N-dealkylation sites (tertiary alicyclic amines) is 1. The molecule has 30 heavy (non-hydrogen) atoms. The van der Waals surface area contributed by atoms with E-state index in [4.69, 9.17) is 0 Å². The van der Waals surface area contributed by atoms with Gasteiger partial charge < -0.3 is 4.90 Å². The zero-order valence-corrected chi connectivity index (χ0v) is 18.0. The van der Waals surface area contributed by atoms with Crippen LogP contribution >= 0.6 is 11.8 Å². The molecule has 1 saturated carbocycles. The lowest BCUT2D eigenvalue weighted by Gasteiger charge is -2.41. The Bertz CT molecular complexity index is 1040. The Labute approximate surface area is 182 Å². The van der Waals surface area contributed by atoms with E-state index in [1.807, 2.05) is 30.3 Å². The molecule has 1 aliphatic heterocycles. The van der Waals surface area contributed by atoms with Crippen LogP contribution in [0.4, 0.5) is 0 Å². The van der Waals surface area contributed by atoms with Crippen molar-refractivity contribution in [2.45, 2.75) is 37.1 Å². The molecular weight excluding hydrogens is 390 g/mol. The summed E-state index contributed by atoms with van der Waals surface area (Å²) < 4.78 is 0. The third-order valence-electron chi connectivity index (χ3n) is 6.68. The van der Waals surface area contributed by atoms with Crippen molar-refractivity contribution < 1.29 is 4.79 Å². The first-order chi connectivity index (χ1) is 14.8. The van der Waals surface area contributed by atoms with Crippen LogP contribution in [0, 0.1) is 11.8 Å². The summed E-state index contributed by atoms with van der Waals surface area (Å²) >= 11 is 1.52. The van der Waals surface area contributed by atoms with Crippen molar-refractivity contribution in [2.24, 2.45) is 11.8 Å².